The minimum Gasteiger partial charge on any atom is -0.459 e. The number of nitrogens with one attached hydrogen (secondary N) is 1. The molecule has 1 aromatic carbocycles. The summed E-state index contributed by atoms with van der Waals surface area (Å²) in [6.45, 7) is 5.66. The number of benzene rings is 1. The monoisotopic (exact) mass is 449 g/mol. The first-order chi connectivity index (χ1) is 15.7. The summed E-state index contributed by atoms with van der Waals surface area (Å²) in [5.41, 5.74) is 2.40. The van der Waals surface area contributed by atoms with Crippen LogP contribution in [-0.2, 0) is 6.54 Å². The molecule has 4 aromatic rings. The molecule has 0 spiro atoms. The molecule has 8 nitrogen and oxygen atoms in total. The van der Waals surface area contributed by atoms with E-state index in [1.54, 1.807) is 23.5 Å². The molecule has 5 rings (SSSR count). The van der Waals surface area contributed by atoms with Crippen molar-refractivity contribution in [1.29, 1.82) is 0 Å². The van der Waals surface area contributed by atoms with Crippen molar-refractivity contribution in [3.63, 3.8) is 0 Å². The van der Waals surface area contributed by atoms with Crippen molar-refractivity contribution < 1.29 is 14.1 Å². The Bertz CT molecular complexity index is 1150. The number of piperazine rings is 1. The molecule has 9 heteroatoms. The molecule has 1 aliphatic heterocycles. The van der Waals surface area contributed by atoms with Gasteiger partial charge in [-0.25, -0.2) is 4.68 Å². The van der Waals surface area contributed by atoms with Gasteiger partial charge in [0.15, 0.2) is 11.8 Å². The van der Waals surface area contributed by atoms with Crippen LogP contribution in [0.25, 0.3) is 0 Å². The van der Waals surface area contributed by atoms with Gasteiger partial charge in [-0.15, -0.1) is 16.4 Å². The maximum Gasteiger partial charge on any atom is 0.289 e. The lowest BCUT2D eigenvalue weighted by molar-refractivity contribution is -0.930. The van der Waals surface area contributed by atoms with Crippen LogP contribution in [-0.4, -0.2) is 57.2 Å². The average Bonchev–Trinajstić information content (AvgIpc) is 3.60. The molecule has 0 unspecified atom stereocenters. The van der Waals surface area contributed by atoms with E-state index in [2.05, 4.69) is 58.2 Å². The molecule has 1 amide bonds. The highest BCUT2D eigenvalue weighted by atomic mass is 32.1. The Labute approximate surface area is 190 Å². The molecule has 32 heavy (non-hydrogen) atoms. The number of amides is 1. The lowest BCUT2D eigenvalue weighted by Crippen LogP contribution is -3.15. The molecule has 1 N–H and O–H groups in total. The molecule has 1 aliphatic rings. The molecule has 164 valence electrons. The van der Waals surface area contributed by atoms with Crippen LogP contribution in [0.5, 0.6) is 0 Å². The molecule has 1 saturated heterocycles. The number of aryl methyl sites for hydroxylation is 1. The summed E-state index contributed by atoms with van der Waals surface area (Å²) in [6, 6.07) is 16.2. The van der Waals surface area contributed by atoms with E-state index < -0.39 is 0 Å². The Morgan fingerprint density at radius 2 is 1.97 bits per heavy atom. The fraction of sp³-hybridized carbons (Fsp3) is 0.304. The predicted molar refractivity (Wildman–Crippen MR) is 120 cm³/mol. The second kappa shape index (κ2) is 9.05. The summed E-state index contributed by atoms with van der Waals surface area (Å²) in [5.74, 6) is 1.19. The number of nitrogens with zero attached hydrogens (tertiary/aromatic N) is 5. The van der Waals surface area contributed by atoms with E-state index in [9.17, 15) is 4.79 Å². The topological polar surface area (TPSA) is 81.5 Å². The van der Waals surface area contributed by atoms with Crippen molar-refractivity contribution in [2.45, 2.75) is 19.5 Å². The molecular formula is C23H25N6O2S+. The van der Waals surface area contributed by atoms with Gasteiger partial charge < -0.3 is 14.2 Å². The molecule has 0 aliphatic carbocycles. The first kappa shape index (κ1) is 20.6. The standard InChI is InChI=1S/C23H24N6O2S/c1-17-6-8-18(9-7-17)21(22-24-25-26-29(22)16-19-4-3-15-32-19)27-10-12-28(13-11-27)23(30)20-5-2-14-31-20/h2-9,14-15,21H,10-13,16H2,1H3/p+1/t21-/m0/s1. The van der Waals surface area contributed by atoms with E-state index >= 15 is 0 Å². The Morgan fingerprint density at radius 1 is 1.16 bits per heavy atom. The number of tetrazole rings is 1. The van der Waals surface area contributed by atoms with Crippen molar-refractivity contribution in [1.82, 2.24) is 25.1 Å². The number of carbonyl (C=O) groups excluding carboxylic acids is 1. The summed E-state index contributed by atoms with van der Waals surface area (Å²) in [7, 11) is 0. The molecule has 4 heterocycles. The van der Waals surface area contributed by atoms with Gasteiger partial charge >= 0.3 is 0 Å². The van der Waals surface area contributed by atoms with Crippen LogP contribution in [0, 0.1) is 6.92 Å². The van der Waals surface area contributed by atoms with Gasteiger partial charge in [-0.1, -0.05) is 35.9 Å². The second-order valence-corrected chi connectivity index (χ2v) is 9.08. The van der Waals surface area contributed by atoms with E-state index in [1.807, 2.05) is 15.6 Å². The fourth-order valence-corrected chi connectivity index (χ4v) is 4.93. The van der Waals surface area contributed by atoms with Crippen molar-refractivity contribution >= 4 is 17.2 Å². The Kier molecular flexibility index (Phi) is 5.83. The normalized spacial score (nSPS) is 15.7. The third-order valence-corrected chi connectivity index (χ3v) is 6.81. The van der Waals surface area contributed by atoms with Crippen molar-refractivity contribution in [3.05, 3.63) is 87.8 Å². The maximum absolute atomic E-state index is 12.7. The second-order valence-electron chi connectivity index (χ2n) is 8.05. The minimum absolute atomic E-state index is 0.00794. The third kappa shape index (κ3) is 4.21. The van der Waals surface area contributed by atoms with Gasteiger partial charge in [-0.2, -0.15) is 0 Å². The first-order valence-electron chi connectivity index (χ1n) is 10.7. The van der Waals surface area contributed by atoms with E-state index in [0.29, 0.717) is 25.4 Å². The largest absolute Gasteiger partial charge is 0.459 e. The lowest BCUT2D eigenvalue weighted by atomic mass is 10.0. The zero-order chi connectivity index (χ0) is 21.9. The van der Waals surface area contributed by atoms with Gasteiger partial charge in [-0.3, -0.25) is 4.79 Å². The summed E-state index contributed by atoms with van der Waals surface area (Å²) >= 11 is 1.70. The predicted octanol–water partition coefficient (Wildman–Crippen LogP) is 1.81. The van der Waals surface area contributed by atoms with Crippen LogP contribution in [0.3, 0.4) is 0 Å². The third-order valence-electron chi connectivity index (χ3n) is 5.95. The number of carbonyl (C=O) groups is 1. The zero-order valence-electron chi connectivity index (χ0n) is 17.8. The highest BCUT2D eigenvalue weighted by Gasteiger charge is 2.35. The smallest absolute Gasteiger partial charge is 0.289 e. The Balaban J connectivity index is 1.40. The van der Waals surface area contributed by atoms with E-state index in [1.165, 1.54) is 27.2 Å². The van der Waals surface area contributed by atoms with Crippen LogP contribution in [0.1, 0.15) is 38.4 Å². The van der Waals surface area contributed by atoms with E-state index in [-0.39, 0.29) is 11.9 Å². The fourth-order valence-electron chi connectivity index (χ4n) is 4.25. The van der Waals surface area contributed by atoms with Gasteiger partial charge in [0.05, 0.1) is 39.0 Å². The summed E-state index contributed by atoms with van der Waals surface area (Å²) in [4.78, 5) is 17.1. The average molecular weight is 450 g/mol. The Hall–Kier alpha value is -3.30. The SMILES string of the molecule is Cc1ccc([C@@H](c2nnnn2Cc2cccs2)[NH+]2CCN(C(=O)c3ccco3)CC2)cc1. The molecule has 1 fully saturated rings. The van der Waals surface area contributed by atoms with Gasteiger partial charge in [-0.05, 0) is 40.9 Å². The number of hydrogen-bond acceptors (Lipinski definition) is 6. The van der Waals surface area contributed by atoms with E-state index in [0.717, 1.165) is 18.9 Å². The highest BCUT2D eigenvalue weighted by molar-refractivity contribution is 7.09. The van der Waals surface area contributed by atoms with Gasteiger partial charge in [0, 0.05) is 10.4 Å². The van der Waals surface area contributed by atoms with E-state index in [4.69, 9.17) is 4.42 Å². The van der Waals surface area contributed by atoms with Gasteiger partial charge in [0.1, 0.15) is 0 Å². The quantitative estimate of drug-likeness (QED) is 0.486. The molecular weight excluding hydrogens is 424 g/mol. The zero-order valence-corrected chi connectivity index (χ0v) is 18.7. The summed E-state index contributed by atoms with van der Waals surface area (Å²) < 4.78 is 7.21. The number of aromatic nitrogens is 4. The Morgan fingerprint density at radius 3 is 2.66 bits per heavy atom. The van der Waals surface area contributed by atoms with Crippen LogP contribution >= 0.6 is 11.3 Å². The molecule has 3 aromatic heterocycles. The van der Waals surface area contributed by atoms with Gasteiger partial charge in [0.25, 0.3) is 5.91 Å². The van der Waals surface area contributed by atoms with Crippen molar-refractivity contribution in [3.8, 4) is 0 Å². The highest BCUT2D eigenvalue weighted by Crippen LogP contribution is 2.20. The maximum atomic E-state index is 12.7. The van der Waals surface area contributed by atoms with Crippen LogP contribution < -0.4 is 4.90 Å². The summed E-state index contributed by atoms with van der Waals surface area (Å²) in [5, 5.41) is 14.8. The van der Waals surface area contributed by atoms with Crippen molar-refractivity contribution in [2.24, 2.45) is 0 Å². The number of quaternary nitrogens is 1. The van der Waals surface area contributed by atoms with Crippen LogP contribution in [0.4, 0.5) is 0 Å². The minimum atomic E-state index is -0.0523. The molecule has 0 saturated carbocycles. The summed E-state index contributed by atoms with van der Waals surface area (Å²) in [6.07, 6.45) is 1.54. The lowest BCUT2D eigenvalue weighted by Gasteiger charge is -2.36. The van der Waals surface area contributed by atoms with Gasteiger partial charge in [0.2, 0.25) is 5.82 Å². The van der Waals surface area contributed by atoms with Crippen molar-refractivity contribution in [2.75, 3.05) is 26.2 Å². The molecule has 0 bridgehead atoms. The molecule has 1 atom stereocenters. The number of thiophene rings is 1. The number of hydrogen-bond donors (Lipinski definition) is 1. The van der Waals surface area contributed by atoms with Crippen LogP contribution in [0.2, 0.25) is 0 Å². The molecule has 0 radical (unpaired) electrons. The van der Waals surface area contributed by atoms with Crippen LogP contribution in [0.15, 0.2) is 64.6 Å². The number of rotatable bonds is 6. The first-order valence-corrected chi connectivity index (χ1v) is 11.6. The number of furan rings is 1.